The molecule has 0 saturated heterocycles. The van der Waals surface area contributed by atoms with Crippen LogP contribution in [0.5, 0.6) is 0 Å². The molecule has 2 rings (SSSR count). The standard InChI is InChI=1S/C8H8BrN5OS/c1-5(14-4-10-3-12-14)7(15)13-8-11-2-6(9)16-8/h2-5H,1H3,(H,11,13,15). The Hall–Kier alpha value is -1.28. The molecule has 1 atom stereocenters. The van der Waals surface area contributed by atoms with E-state index < -0.39 is 6.04 Å². The molecule has 0 aliphatic heterocycles. The molecule has 0 saturated carbocycles. The molecule has 8 heteroatoms. The van der Waals surface area contributed by atoms with Gasteiger partial charge in [0.05, 0.1) is 9.98 Å². The van der Waals surface area contributed by atoms with Crippen molar-refractivity contribution in [1.29, 1.82) is 0 Å². The van der Waals surface area contributed by atoms with Crippen LogP contribution in [-0.2, 0) is 4.79 Å². The summed E-state index contributed by atoms with van der Waals surface area (Å²) in [4.78, 5) is 19.6. The second-order valence-electron chi connectivity index (χ2n) is 3.01. The largest absolute Gasteiger partial charge is 0.300 e. The summed E-state index contributed by atoms with van der Waals surface area (Å²) in [5.41, 5.74) is 0. The maximum atomic E-state index is 11.8. The monoisotopic (exact) mass is 301 g/mol. The number of amides is 1. The van der Waals surface area contributed by atoms with Gasteiger partial charge >= 0.3 is 0 Å². The summed E-state index contributed by atoms with van der Waals surface area (Å²) in [6, 6.07) is -0.412. The molecule has 0 radical (unpaired) electrons. The Bertz CT molecular complexity index is 482. The smallest absolute Gasteiger partial charge is 0.250 e. The third-order valence-corrected chi connectivity index (χ3v) is 3.31. The quantitative estimate of drug-likeness (QED) is 0.936. The minimum Gasteiger partial charge on any atom is -0.300 e. The summed E-state index contributed by atoms with van der Waals surface area (Å²) in [6.07, 6.45) is 4.53. The first-order valence-corrected chi connectivity index (χ1v) is 6.04. The van der Waals surface area contributed by atoms with Crippen molar-refractivity contribution in [2.45, 2.75) is 13.0 Å². The van der Waals surface area contributed by atoms with Crippen molar-refractivity contribution in [1.82, 2.24) is 19.7 Å². The molecular formula is C8H8BrN5OS. The summed E-state index contributed by atoms with van der Waals surface area (Å²) in [6.45, 7) is 1.74. The minimum absolute atomic E-state index is 0.174. The molecule has 2 aromatic heterocycles. The number of aromatic nitrogens is 4. The van der Waals surface area contributed by atoms with Crippen LogP contribution in [0, 0.1) is 0 Å². The van der Waals surface area contributed by atoms with Crippen molar-refractivity contribution in [3.05, 3.63) is 22.6 Å². The molecule has 0 aliphatic rings. The first kappa shape index (κ1) is 11.2. The van der Waals surface area contributed by atoms with E-state index in [1.165, 1.54) is 28.7 Å². The van der Waals surface area contributed by atoms with Gasteiger partial charge in [-0.1, -0.05) is 11.3 Å². The highest BCUT2D eigenvalue weighted by atomic mass is 79.9. The van der Waals surface area contributed by atoms with E-state index in [0.29, 0.717) is 5.13 Å². The lowest BCUT2D eigenvalue weighted by Crippen LogP contribution is -2.23. The van der Waals surface area contributed by atoms with E-state index in [4.69, 9.17) is 0 Å². The zero-order chi connectivity index (χ0) is 11.5. The number of nitrogens with zero attached hydrogens (tertiary/aromatic N) is 4. The Kier molecular flexibility index (Phi) is 3.30. The summed E-state index contributed by atoms with van der Waals surface area (Å²) in [5, 5.41) is 7.16. The molecule has 1 unspecified atom stereocenters. The lowest BCUT2D eigenvalue weighted by molar-refractivity contribution is -0.119. The van der Waals surface area contributed by atoms with E-state index in [9.17, 15) is 4.79 Å². The van der Waals surface area contributed by atoms with Gasteiger partial charge in [-0.05, 0) is 22.9 Å². The van der Waals surface area contributed by atoms with Crippen LogP contribution in [0.15, 0.2) is 22.6 Å². The zero-order valence-electron chi connectivity index (χ0n) is 8.29. The first-order valence-electron chi connectivity index (χ1n) is 4.43. The SMILES string of the molecule is CC(C(=O)Nc1ncc(Br)s1)n1cncn1. The maximum Gasteiger partial charge on any atom is 0.250 e. The van der Waals surface area contributed by atoms with Crippen molar-refractivity contribution in [3.8, 4) is 0 Å². The third kappa shape index (κ3) is 2.45. The van der Waals surface area contributed by atoms with Gasteiger partial charge in [-0.2, -0.15) is 5.10 Å². The molecule has 1 amide bonds. The van der Waals surface area contributed by atoms with E-state index in [1.54, 1.807) is 13.1 Å². The van der Waals surface area contributed by atoms with Crippen LogP contribution < -0.4 is 5.32 Å². The molecule has 0 aliphatic carbocycles. The molecule has 0 aromatic carbocycles. The Balaban J connectivity index is 2.03. The molecule has 0 fully saturated rings. The molecule has 16 heavy (non-hydrogen) atoms. The summed E-state index contributed by atoms with van der Waals surface area (Å²) in [7, 11) is 0. The number of nitrogens with one attached hydrogen (secondary N) is 1. The van der Waals surface area contributed by atoms with E-state index in [2.05, 4.69) is 36.3 Å². The highest BCUT2D eigenvalue weighted by Crippen LogP contribution is 2.23. The Morgan fingerprint density at radius 1 is 1.69 bits per heavy atom. The van der Waals surface area contributed by atoms with Crippen LogP contribution in [0.25, 0.3) is 0 Å². The fourth-order valence-electron chi connectivity index (χ4n) is 1.06. The van der Waals surface area contributed by atoms with E-state index in [0.717, 1.165) is 3.79 Å². The molecule has 84 valence electrons. The number of rotatable bonds is 3. The third-order valence-electron chi connectivity index (χ3n) is 1.92. The van der Waals surface area contributed by atoms with Gasteiger partial charge in [-0.15, -0.1) is 0 Å². The van der Waals surface area contributed by atoms with E-state index in [-0.39, 0.29) is 5.91 Å². The second-order valence-corrected chi connectivity index (χ2v) is 5.42. The van der Waals surface area contributed by atoms with Gasteiger partial charge in [0.25, 0.3) is 5.91 Å². The van der Waals surface area contributed by atoms with Gasteiger partial charge in [0.1, 0.15) is 18.7 Å². The fourth-order valence-corrected chi connectivity index (χ4v) is 2.17. The van der Waals surface area contributed by atoms with Crippen LogP contribution in [0.3, 0.4) is 0 Å². The Morgan fingerprint density at radius 3 is 3.06 bits per heavy atom. The lowest BCUT2D eigenvalue weighted by atomic mass is 10.3. The molecular weight excluding hydrogens is 294 g/mol. The van der Waals surface area contributed by atoms with Crippen molar-refractivity contribution in [3.63, 3.8) is 0 Å². The van der Waals surface area contributed by atoms with Crippen molar-refractivity contribution >= 4 is 38.3 Å². The zero-order valence-corrected chi connectivity index (χ0v) is 10.7. The first-order chi connectivity index (χ1) is 7.66. The van der Waals surface area contributed by atoms with Crippen molar-refractivity contribution < 1.29 is 4.79 Å². The second kappa shape index (κ2) is 4.71. The maximum absolute atomic E-state index is 11.8. The van der Waals surface area contributed by atoms with Crippen molar-refractivity contribution in [2.24, 2.45) is 0 Å². The van der Waals surface area contributed by atoms with E-state index >= 15 is 0 Å². The van der Waals surface area contributed by atoms with E-state index in [1.807, 2.05) is 0 Å². The average Bonchev–Trinajstić information content (AvgIpc) is 2.88. The highest BCUT2D eigenvalue weighted by Gasteiger charge is 2.16. The predicted molar refractivity (Wildman–Crippen MR) is 63.2 cm³/mol. The Labute approximate surface area is 104 Å². The van der Waals surface area contributed by atoms with Crippen LogP contribution in [0.2, 0.25) is 0 Å². The molecule has 1 N–H and O–H groups in total. The van der Waals surface area contributed by atoms with Crippen LogP contribution in [0.4, 0.5) is 5.13 Å². The normalized spacial score (nSPS) is 12.4. The number of halogens is 1. The number of anilines is 1. The average molecular weight is 302 g/mol. The van der Waals surface area contributed by atoms with Gasteiger partial charge in [0.15, 0.2) is 5.13 Å². The number of hydrogen-bond acceptors (Lipinski definition) is 5. The summed E-state index contributed by atoms with van der Waals surface area (Å²) in [5.74, 6) is -0.174. The molecule has 2 heterocycles. The summed E-state index contributed by atoms with van der Waals surface area (Å²) < 4.78 is 2.36. The summed E-state index contributed by atoms with van der Waals surface area (Å²) >= 11 is 4.63. The fraction of sp³-hybridized carbons (Fsp3) is 0.250. The molecule has 0 bridgehead atoms. The van der Waals surface area contributed by atoms with Gasteiger partial charge in [0, 0.05) is 0 Å². The number of carbonyl (C=O) groups excluding carboxylic acids is 1. The number of hydrogen-bond donors (Lipinski definition) is 1. The van der Waals surface area contributed by atoms with Gasteiger partial charge in [-0.3, -0.25) is 4.79 Å². The van der Waals surface area contributed by atoms with Crippen LogP contribution in [0.1, 0.15) is 13.0 Å². The van der Waals surface area contributed by atoms with Gasteiger partial charge in [-0.25, -0.2) is 14.6 Å². The molecule has 6 nitrogen and oxygen atoms in total. The number of thiazole rings is 1. The number of carbonyl (C=O) groups is 1. The highest BCUT2D eigenvalue weighted by molar-refractivity contribution is 9.11. The Morgan fingerprint density at radius 2 is 2.50 bits per heavy atom. The van der Waals surface area contributed by atoms with Crippen LogP contribution >= 0.6 is 27.3 Å². The lowest BCUT2D eigenvalue weighted by Gasteiger charge is -2.09. The van der Waals surface area contributed by atoms with Crippen molar-refractivity contribution in [2.75, 3.05) is 5.32 Å². The topological polar surface area (TPSA) is 72.7 Å². The molecule has 0 spiro atoms. The molecule has 2 aromatic rings. The van der Waals surface area contributed by atoms with Gasteiger partial charge in [0.2, 0.25) is 0 Å². The minimum atomic E-state index is -0.412. The van der Waals surface area contributed by atoms with Crippen LogP contribution in [-0.4, -0.2) is 25.7 Å². The van der Waals surface area contributed by atoms with Gasteiger partial charge < -0.3 is 5.32 Å². The predicted octanol–water partition coefficient (Wildman–Crippen LogP) is 1.70.